The van der Waals surface area contributed by atoms with Crippen LogP contribution in [0.2, 0.25) is 0 Å². The van der Waals surface area contributed by atoms with Crippen LogP contribution in [0.4, 0.5) is 4.39 Å². The summed E-state index contributed by atoms with van der Waals surface area (Å²) >= 11 is 0. The van der Waals surface area contributed by atoms with Gasteiger partial charge in [0.25, 0.3) is 0 Å². The number of amides is 1. The van der Waals surface area contributed by atoms with E-state index >= 15 is 0 Å². The first-order valence-electron chi connectivity index (χ1n) is 9.00. The van der Waals surface area contributed by atoms with Crippen molar-refractivity contribution in [2.24, 2.45) is 0 Å². The summed E-state index contributed by atoms with van der Waals surface area (Å²) in [5.41, 5.74) is 3.12. The lowest BCUT2D eigenvalue weighted by molar-refractivity contribution is -0.120. The molecule has 144 valence electrons. The number of fused-ring (bicyclic) bond motifs is 1. The molecule has 0 atom stereocenters. The standard InChI is InChI=1S/C20H23FN2O3S/c21-19-7-5-16(6-8-19)9-12-22-20(24)11-14-27(25,26)23-13-10-17-3-1-2-4-18(17)15-23/h1-8H,9-15H2,(H,22,24). The predicted molar refractivity (Wildman–Crippen MR) is 102 cm³/mol. The summed E-state index contributed by atoms with van der Waals surface area (Å²) in [5, 5.41) is 2.72. The number of benzene rings is 2. The summed E-state index contributed by atoms with van der Waals surface area (Å²) in [5.74, 6) is -0.788. The molecule has 1 aliphatic rings. The molecule has 0 fully saturated rings. The van der Waals surface area contributed by atoms with Crippen molar-refractivity contribution in [3.05, 3.63) is 71.0 Å². The highest BCUT2D eigenvalue weighted by molar-refractivity contribution is 7.89. The number of rotatable bonds is 7. The zero-order valence-electron chi connectivity index (χ0n) is 15.0. The number of sulfonamides is 1. The highest BCUT2D eigenvalue weighted by atomic mass is 32.2. The van der Waals surface area contributed by atoms with E-state index < -0.39 is 10.0 Å². The van der Waals surface area contributed by atoms with E-state index in [9.17, 15) is 17.6 Å². The molecular weight excluding hydrogens is 367 g/mol. The van der Waals surface area contributed by atoms with Crippen molar-refractivity contribution in [3.63, 3.8) is 0 Å². The van der Waals surface area contributed by atoms with E-state index in [1.54, 1.807) is 12.1 Å². The molecule has 0 saturated carbocycles. The first kappa shape index (κ1) is 19.5. The van der Waals surface area contributed by atoms with E-state index in [2.05, 4.69) is 5.32 Å². The van der Waals surface area contributed by atoms with Gasteiger partial charge in [-0.05, 0) is 41.7 Å². The molecule has 27 heavy (non-hydrogen) atoms. The quantitative estimate of drug-likeness (QED) is 0.789. The predicted octanol–water partition coefficient (Wildman–Crippen LogP) is 2.26. The maximum absolute atomic E-state index is 12.9. The zero-order valence-corrected chi connectivity index (χ0v) is 15.8. The first-order valence-corrected chi connectivity index (χ1v) is 10.6. The fraction of sp³-hybridized carbons (Fsp3) is 0.350. The third kappa shape index (κ3) is 5.37. The molecule has 2 aromatic carbocycles. The molecule has 5 nitrogen and oxygen atoms in total. The van der Waals surface area contributed by atoms with Crippen LogP contribution in [0.15, 0.2) is 48.5 Å². The van der Waals surface area contributed by atoms with Crippen molar-refractivity contribution < 1.29 is 17.6 Å². The molecule has 0 spiro atoms. The topological polar surface area (TPSA) is 66.5 Å². The van der Waals surface area contributed by atoms with Crippen molar-refractivity contribution in [1.82, 2.24) is 9.62 Å². The van der Waals surface area contributed by atoms with Gasteiger partial charge in [-0.15, -0.1) is 0 Å². The third-order valence-electron chi connectivity index (χ3n) is 4.73. The summed E-state index contributed by atoms with van der Waals surface area (Å²) in [6.07, 6.45) is 1.20. The largest absolute Gasteiger partial charge is 0.356 e. The Bertz CT molecular complexity index is 898. The number of hydrogen-bond donors (Lipinski definition) is 1. The van der Waals surface area contributed by atoms with Gasteiger partial charge in [0.15, 0.2) is 0 Å². The molecule has 3 rings (SSSR count). The third-order valence-corrected chi connectivity index (χ3v) is 6.54. The second-order valence-corrected chi connectivity index (χ2v) is 8.73. The highest BCUT2D eigenvalue weighted by Crippen LogP contribution is 2.21. The summed E-state index contributed by atoms with van der Waals surface area (Å²) in [6, 6.07) is 13.9. The number of carbonyl (C=O) groups excluding carboxylic acids is 1. The van der Waals surface area contributed by atoms with Gasteiger partial charge in [-0.25, -0.2) is 12.8 Å². The Kier molecular flexibility index (Phi) is 6.23. The Hall–Kier alpha value is -2.25. The molecule has 1 amide bonds. The Labute approximate surface area is 159 Å². The summed E-state index contributed by atoms with van der Waals surface area (Å²) in [6.45, 7) is 1.21. The van der Waals surface area contributed by atoms with Gasteiger partial charge in [0.05, 0.1) is 5.75 Å². The molecule has 0 aromatic heterocycles. The van der Waals surface area contributed by atoms with E-state index in [4.69, 9.17) is 0 Å². The van der Waals surface area contributed by atoms with Crippen LogP contribution < -0.4 is 5.32 Å². The fourth-order valence-corrected chi connectivity index (χ4v) is 4.55. The Morgan fingerprint density at radius 3 is 2.52 bits per heavy atom. The van der Waals surface area contributed by atoms with Gasteiger partial charge >= 0.3 is 0 Å². The second kappa shape index (κ2) is 8.63. The molecule has 0 saturated heterocycles. The van der Waals surface area contributed by atoms with Crippen LogP contribution in [0, 0.1) is 5.82 Å². The Morgan fingerprint density at radius 2 is 1.78 bits per heavy atom. The van der Waals surface area contributed by atoms with Gasteiger partial charge in [-0.1, -0.05) is 36.4 Å². The average Bonchev–Trinajstić information content (AvgIpc) is 2.67. The summed E-state index contributed by atoms with van der Waals surface area (Å²) < 4.78 is 39.4. The normalized spacial score (nSPS) is 14.6. The minimum absolute atomic E-state index is 0.0656. The van der Waals surface area contributed by atoms with Crippen LogP contribution >= 0.6 is 0 Å². The monoisotopic (exact) mass is 390 g/mol. The van der Waals surface area contributed by atoms with Gasteiger partial charge in [-0.2, -0.15) is 4.31 Å². The minimum Gasteiger partial charge on any atom is -0.356 e. The number of halogens is 1. The smallest absolute Gasteiger partial charge is 0.221 e. The molecule has 7 heteroatoms. The lowest BCUT2D eigenvalue weighted by Crippen LogP contribution is -2.38. The van der Waals surface area contributed by atoms with E-state index in [0.717, 1.165) is 11.1 Å². The summed E-state index contributed by atoms with van der Waals surface area (Å²) in [4.78, 5) is 12.0. The van der Waals surface area contributed by atoms with E-state index in [0.29, 0.717) is 32.5 Å². The van der Waals surface area contributed by atoms with Crippen molar-refractivity contribution in [1.29, 1.82) is 0 Å². The van der Waals surface area contributed by atoms with Gasteiger partial charge in [0.1, 0.15) is 5.82 Å². The number of carbonyl (C=O) groups is 1. The highest BCUT2D eigenvalue weighted by Gasteiger charge is 2.26. The summed E-state index contributed by atoms with van der Waals surface area (Å²) in [7, 11) is -3.47. The van der Waals surface area contributed by atoms with Crippen LogP contribution in [-0.2, 0) is 34.2 Å². The molecular formula is C20H23FN2O3S. The molecule has 1 aliphatic heterocycles. The van der Waals surface area contributed by atoms with Gasteiger partial charge in [0.2, 0.25) is 15.9 Å². The lowest BCUT2D eigenvalue weighted by atomic mass is 10.0. The fourth-order valence-electron chi connectivity index (χ4n) is 3.14. The SMILES string of the molecule is O=C(CCS(=O)(=O)N1CCc2ccccc2C1)NCCc1ccc(F)cc1. The van der Waals surface area contributed by atoms with E-state index in [1.165, 1.54) is 22.0 Å². The zero-order chi connectivity index (χ0) is 19.3. The number of nitrogens with one attached hydrogen (secondary N) is 1. The van der Waals surface area contributed by atoms with E-state index in [1.807, 2.05) is 24.3 Å². The van der Waals surface area contributed by atoms with E-state index in [-0.39, 0.29) is 23.9 Å². The van der Waals surface area contributed by atoms with Crippen molar-refractivity contribution in [3.8, 4) is 0 Å². The van der Waals surface area contributed by atoms with Crippen LogP contribution in [0.1, 0.15) is 23.1 Å². The molecule has 0 bridgehead atoms. The van der Waals surface area contributed by atoms with Crippen molar-refractivity contribution in [2.75, 3.05) is 18.8 Å². The lowest BCUT2D eigenvalue weighted by Gasteiger charge is -2.28. The minimum atomic E-state index is -3.47. The molecule has 1 N–H and O–H groups in total. The second-order valence-electron chi connectivity index (χ2n) is 6.64. The number of hydrogen-bond acceptors (Lipinski definition) is 3. The van der Waals surface area contributed by atoms with Crippen LogP contribution in [0.25, 0.3) is 0 Å². The van der Waals surface area contributed by atoms with Crippen LogP contribution in [0.5, 0.6) is 0 Å². The Balaban J connectivity index is 1.44. The molecule has 0 radical (unpaired) electrons. The van der Waals surface area contributed by atoms with Gasteiger partial charge < -0.3 is 5.32 Å². The van der Waals surface area contributed by atoms with Crippen LogP contribution in [-0.4, -0.2) is 37.5 Å². The van der Waals surface area contributed by atoms with Gasteiger partial charge in [-0.3, -0.25) is 4.79 Å². The van der Waals surface area contributed by atoms with Crippen molar-refractivity contribution >= 4 is 15.9 Å². The average molecular weight is 390 g/mol. The number of nitrogens with zero attached hydrogens (tertiary/aromatic N) is 1. The Morgan fingerprint density at radius 1 is 1.07 bits per heavy atom. The molecule has 2 aromatic rings. The van der Waals surface area contributed by atoms with Crippen LogP contribution in [0.3, 0.4) is 0 Å². The van der Waals surface area contributed by atoms with Gasteiger partial charge in [0, 0.05) is 26.1 Å². The molecule has 1 heterocycles. The molecule has 0 aliphatic carbocycles. The van der Waals surface area contributed by atoms with Crippen molar-refractivity contribution in [2.45, 2.75) is 25.8 Å². The maximum Gasteiger partial charge on any atom is 0.221 e. The maximum atomic E-state index is 12.9. The molecule has 0 unspecified atom stereocenters. The first-order chi connectivity index (χ1) is 12.9.